The third kappa shape index (κ3) is 2.41. The first-order chi connectivity index (χ1) is 9.78. The predicted molar refractivity (Wildman–Crippen MR) is 78.4 cm³/mol. The average molecular weight is 271 g/mol. The van der Waals surface area contributed by atoms with E-state index in [1.165, 1.54) is 0 Å². The number of nitrogens with zero attached hydrogens (tertiary/aromatic N) is 1. The zero-order chi connectivity index (χ0) is 13.9. The van der Waals surface area contributed by atoms with Gasteiger partial charge in [0.1, 0.15) is 17.2 Å². The Kier molecular flexibility index (Phi) is 3.46. The highest BCUT2D eigenvalue weighted by molar-refractivity contribution is 5.60. The molecule has 4 heteroatoms. The van der Waals surface area contributed by atoms with Crippen LogP contribution in [0.5, 0.6) is 5.75 Å². The van der Waals surface area contributed by atoms with Crippen molar-refractivity contribution in [2.75, 3.05) is 25.1 Å². The molecule has 0 unspecified atom stereocenters. The number of rotatable bonds is 3. The molecule has 1 saturated heterocycles. The smallest absolute Gasteiger partial charge is 0.360 e. The molecule has 0 bridgehead atoms. The molecule has 0 saturated carbocycles. The van der Waals surface area contributed by atoms with E-state index in [4.69, 9.17) is 9.15 Å². The molecule has 1 aliphatic rings. The maximum atomic E-state index is 12.1. The second-order valence-corrected chi connectivity index (χ2v) is 4.90. The highest BCUT2D eigenvalue weighted by Crippen LogP contribution is 2.23. The Morgan fingerprint density at radius 3 is 2.35 bits per heavy atom. The number of hydrogen-bond acceptors (Lipinski definition) is 4. The van der Waals surface area contributed by atoms with E-state index < -0.39 is 0 Å². The van der Waals surface area contributed by atoms with Crippen LogP contribution in [0.15, 0.2) is 45.6 Å². The molecule has 0 spiro atoms. The van der Waals surface area contributed by atoms with Gasteiger partial charge in [0.15, 0.2) is 0 Å². The zero-order valence-electron chi connectivity index (χ0n) is 11.5. The topological polar surface area (TPSA) is 42.7 Å². The number of benzene rings is 1. The van der Waals surface area contributed by atoms with Crippen LogP contribution in [0.3, 0.4) is 0 Å². The van der Waals surface area contributed by atoms with Gasteiger partial charge in [-0.2, -0.15) is 0 Å². The van der Waals surface area contributed by atoms with Crippen LogP contribution in [0, 0.1) is 0 Å². The Bertz CT molecular complexity index is 640. The van der Waals surface area contributed by atoms with Crippen LogP contribution in [-0.4, -0.2) is 20.2 Å². The van der Waals surface area contributed by atoms with Crippen LogP contribution in [0.25, 0.3) is 11.3 Å². The maximum absolute atomic E-state index is 12.1. The molecule has 104 valence electrons. The van der Waals surface area contributed by atoms with Gasteiger partial charge in [-0.1, -0.05) is 0 Å². The minimum atomic E-state index is -0.264. The number of anilines is 1. The van der Waals surface area contributed by atoms with E-state index in [1.54, 1.807) is 7.11 Å². The Balaban J connectivity index is 1.90. The van der Waals surface area contributed by atoms with E-state index in [0.29, 0.717) is 11.4 Å². The summed E-state index contributed by atoms with van der Waals surface area (Å²) in [5.74, 6) is 1.37. The van der Waals surface area contributed by atoms with Crippen molar-refractivity contribution in [1.29, 1.82) is 0 Å². The summed E-state index contributed by atoms with van der Waals surface area (Å²) in [6, 6.07) is 11.2. The van der Waals surface area contributed by atoms with Gasteiger partial charge in [-0.15, -0.1) is 0 Å². The summed E-state index contributed by atoms with van der Waals surface area (Å²) in [6.45, 7) is 1.87. The van der Waals surface area contributed by atoms with Crippen molar-refractivity contribution in [3.05, 3.63) is 46.8 Å². The highest BCUT2D eigenvalue weighted by atomic mass is 16.5. The Labute approximate surface area is 117 Å². The molecule has 0 amide bonds. The van der Waals surface area contributed by atoms with Crippen LogP contribution in [-0.2, 0) is 0 Å². The predicted octanol–water partition coefficient (Wildman–Crippen LogP) is 2.92. The summed E-state index contributed by atoms with van der Waals surface area (Å²) in [5.41, 5.74) is 1.27. The molecule has 1 fully saturated rings. The lowest BCUT2D eigenvalue weighted by molar-refractivity contribution is 0.415. The molecule has 1 aliphatic heterocycles. The van der Waals surface area contributed by atoms with Gasteiger partial charge in [-0.05, 0) is 49.2 Å². The van der Waals surface area contributed by atoms with Gasteiger partial charge >= 0.3 is 5.63 Å². The van der Waals surface area contributed by atoms with E-state index in [2.05, 4.69) is 4.90 Å². The SMILES string of the molecule is COc1ccc(-c2ccc(N3CCCC3)c(=O)o2)cc1. The molecule has 1 aromatic carbocycles. The van der Waals surface area contributed by atoms with Crippen molar-refractivity contribution in [3.63, 3.8) is 0 Å². The average Bonchev–Trinajstić information content (AvgIpc) is 3.01. The molecule has 0 aliphatic carbocycles. The summed E-state index contributed by atoms with van der Waals surface area (Å²) in [6.07, 6.45) is 2.28. The Morgan fingerprint density at radius 1 is 1.05 bits per heavy atom. The van der Waals surface area contributed by atoms with Crippen LogP contribution >= 0.6 is 0 Å². The fourth-order valence-electron chi connectivity index (χ4n) is 2.51. The lowest BCUT2D eigenvalue weighted by Gasteiger charge is -2.15. The van der Waals surface area contributed by atoms with Gasteiger partial charge in [0, 0.05) is 18.7 Å². The van der Waals surface area contributed by atoms with E-state index in [9.17, 15) is 4.79 Å². The largest absolute Gasteiger partial charge is 0.497 e. The lowest BCUT2D eigenvalue weighted by Crippen LogP contribution is -2.23. The monoisotopic (exact) mass is 271 g/mol. The van der Waals surface area contributed by atoms with Gasteiger partial charge in [-0.25, -0.2) is 4.79 Å². The van der Waals surface area contributed by atoms with Gasteiger partial charge in [0.05, 0.1) is 7.11 Å². The molecule has 0 radical (unpaired) electrons. The molecular formula is C16H17NO3. The summed E-state index contributed by atoms with van der Waals surface area (Å²) in [5, 5.41) is 0. The number of hydrogen-bond donors (Lipinski definition) is 0. The van der Waals surface area contributed by atoms with Crippen molar-refractivity contribution in [1.82, 2.24) is 0 Å². The van der Waals surface area contributed by atoms with Crippen molar-refractivity contribution >= 4 is 5.69 Å². The molecule has 0 atom stereocenters. The molecule has 3 rings (SSSR count). The van der Waals surface area contributed by atoms with E-state index in [1.807, 2.05) is 36.4 Å². The van der Waals surface area contributed by atoms with Gasteiger partial charge in [0.25, 0.3) is 0 Å². The molecular weight excluding hydrogens is 254 g/mol. The standard InChI is InChI=1S/C16H17NO3/c1-19-13-6-4-12(5-7-13)15-9-8-14(16(18)20-15)17-10-2-3-11-17/h4-9H,2-3,10-11H2,1H3. The third-order valence-electron chi connectivity index (χ3n) is 3.63. The molecule has 1 aromatic heterocycles. The summed E-state index contributed by atoms with van der Waals surface area (Å²) >= 11 is 0. The van der Waals surface area contributed by atoms with E-state index >= 15 is 0 Å². The van der Waals surface area contributed by atoms with Crippen molar-refractivity contribution in [3.8, 4) is 17.1 Å². The van der Waals surface area contributed by atoms with Crippen molar-refractivity contribution in [2.45, 2.75) is 12.8 Å². The number of methoxy groups -OCH3 is 1. The molecule has 20 heavy (non-hydrogen) atoms. The fourth-order valence-corrected chi connectivity index (χ4v) is 2.51. The number of ether oxygens (including phenoxy) is 1. The summed E-state index contributed by atoms with van der Waals surface area (Å²) in [4.78, 5) is 14.2. The third-order valence-corrected chi connectivity index (χ3v) is 3.63. The Morgan fingerprint density at radius 2 is 1.75 bits per heavy atom. The van der Waals surface area contributed by atoms with Gasteiger partial charge < -0.3 is 14.1 Å². The van der Waals surface area contributed by atoms with Gasteiger partial charge in [0.2, 0.25) is 0 Å². The second-order valence-electron chi connectivity index (χ2n) is 4.90. The minimum Gasteiger partial charge on any atom is -0.497 e. The zero-order valence-corrected chi connectivity index (χ0v) is 11.5. The molecule has 4 nitrogen and oxygen atoms in total. The molecule has 2 aromatic rings. The Hall–Kier alpha value is -2.23. The first-order valence-electron chi connectivity index (χ1n) is 6.81. The van der Waals surface area contributed by atoms with Crippen LogP contribution in [0.2, 0.25) is 0 Å². The van der Waals surface area contributed by atoms with E-state index in [-0.39, 0.29) is 5.63 Å². The van der Waals surface area contributed by atoms with Crippen LogP contribution in [0.1, 0.15) is 12.8 Å². The summed E-state index contributed by atoms with van der Waals surface area (Å²) in [7, 11) is 1.62. The van der Waals surface area contributed by atoms with Crippen LogP contribution in [0.4, 0.5) is 5.69 Å². The molecule has 0 N–H and O–H groups in total. The van der Waals surface area contributed by atoms with Crippen molar-refractivity contribution in [2.24, 2.45) is 0 Å². The van der Waals surface area contributed by atoms with Crippen molar-refractivity contribution < 1.29 is 9.15 Å². The maximum Gasteiger partial charge on any atom is 0.360 e. The fraction of sp³-hybridized carbons (Fsp3) is 0.312. The minimum absolute atomic E-state index is 0.264. The first kappa shape index (κ1) is 12.8. The van der Waals surface area contributed by atoms with Gasteiger partial charge in [-0.3, -0.25) is 0 Å². The molecule has 2 heterocycles. The summed E-state index contributed by atoms with van der Waals surface area (Å²) < 4.78 is 10.6. The first-order valence-corrected chi connectivity index (χ1v) is 6.81. The van der Waals surface area contributed by atoms with Crippen LogP contribution < -0.4 is 15.3 Å². The van der Waals surface area contributed by atoms with E-state index in [0.717, 1.165) is 37.2 Å². The highest BCUT2D eigenvalue weighted by Gasteiger charge is 2.16. The second kappa shape index (κ2) is 5.41. The normalized spacial score (nSPS) is 14.6. The quantitative estimate of drug-likeness (QED) is 0.861. The lowest BCUT2D eigenvalue weighted by atomic mass is 10.1.